The van der Waals surface area contributed by atoms with Crippen LogP contribution >= 0.6 is 0 Å². The Labute approximate surface area is 105 Å². The van der Waals surface area contributed by atoms with Gasteiger partial charge in [-0.05, 0) is 12.1 Å². The molecule has 2 aromatic rings. The number of carbonyl (C=O) groups excluding carboxylic acids is 1. The Morgan fingerprint density at radius 1 is 1.06 bits per heavy atom. The van der Waals surface area contributed by atoms with Crippen molar-refractivity contribution in [3.63, 3.8) is 0 Å². The highest BCUT2D eigenvalue weighted by Crippen LogP contribution is 2.36. The van der Waals surface area contributed by atoms with Crippen LogP contribution in [0.25, 0.3) is 0 Å². The summed E-state index contributed by atoms with van der Waals surface area (Å²) in [5, 5.41) is 9.87. The molecule has 1 aliphatic rings. The summed E-state index contributed by atoms with van der Waals surface area (Å²) in [6.07, 6.45) is 0.521. The zero-order chi connectivity index (χ0) is 12.7. The number of rotatable bonds is 1. The van der Waals surface area contributed by atoms with Crippen LogP contribution in [-0.4, -0.2) is 18.0 Å². The number of ether oxygens (including phenoxy) is 1. The Bertz CT molecular complexity index is 644. The van der Waals surface area contributed by atoms with Crippen molar-refractivity contribution in [3.8, 4) is 11.5 Å². The molecule has 0 fully saturated rings. The first kappa shape index (κ1) is 10.8. The monoisotopic (exact) mass is 240 g/mol. The molecule has 0 bridgehead atoms. The molecule has 0 aliphatic heterocycles. The van der Waals surface area contributed by atoms with E-state index >= 15 is 0 Å². The first-order chi connectivity index (χ1) is 8.72. The molecular formula is C15H12O3. The smallest absolute Gasteiger partial charge is 0.193 e. The molecule has 3 nitrogen and oxygen atoms in total. The van der Waals surface area contributed by atoms with E-state index in [2.05, 4.69) is 0 Å². The quantitative estimate of drug-likeness (QED) is 0.711. The molecule has 0 saturated heterocycles. The number of fused-ring (bicyclic) bond motifs is 2. The molecule has 2 aromatic carbocycles. The summed E-state index contributed by atoms with van der Waals surface area (Å²) in [5.41, 5.74) is 2.77. The van der Waals surface area contributed by atoms with Crippen LogP contribution in [0.2, 0.25) is 0 Å². The van der Waals surface area contributed by atoms with Crippen LogP contribution < -0.4 is 4.74 Å². The Morgan fingerprint density at radius 3 is 2.44 bits per heavy atom. The van der Waals surface area contributed by atoms with Crippen LogP contribution in [0.4, 0.5) is 0 Å². The molecule has 3 rings (SSSR count). The summed E-state index contributed by atoms with van der Waals surface area (Å²) in [4.78, 5) is 12.4. The number of hydrogen-bond acceptors (Lipinski definition) is 3. The predicted molar refractivity (Wildman–Crippen MR) is 67.3 cm³/mol. The van der Waals surface area contributed by atoms with E-state index in [9.17, 15) is 9.90 Å². The van der Waals surface area contributed by atoms with E-state index in [1.807, 2.05) is 12.1 Å². The van der Waals surface area contributed by atoms with E-state index in [1.165, 1.54) is 0 Å². The molecule has 0 unspecified atom stereocenters. The van der Waals surface area contributed by atoms with Crippen molar-refractivity contribution < 1.29 is 14.6 Å². The van der Waals surface area contributed by atoms with Gasteiger partial charge in [-0.1, -0.05) is 24.3 Å². The highest BCUT2D eigenvalue weighted by molar-refractivity contribution is 6.13. The highest BCUT2D eigenvalue weighted by Gasteiger charge is 2.27. The molecule has 1 N–H and O–H groups in total. The van der Waals surface area contributed by atoms with Crippen molar-refractivity contribution >= 4 is 5.78 Å². The lowest BCUT2D eigenvalue weighted by Crippen LogP contribution is -2.15. The minimum Gasteiger partial charge on any atom is -0.508 e. The van der Waals surface area contributed by atoms with Crippen molar-refractivity contribution in [1.29, 1.82) is 0 Å². The van der Waals surface area contributed by atoms with Crippen molar-refractivity contribution in [2.75, 3.05) is 7.11 Å². The van der Waals surface area contributed by atoms with Crippen molar-refractivity contribution in [2.45, 2.75) is 6.42 Å². The van der Waals surface area contributed by atoms with Gasteiger partial charge in [0.1, 0.15) is 11.5 Å². The van der Waals surface area contributed by atoms with Crippen LogP contribution in [0.3, 0.4) is 0 Å². The summed E-state index contributed by atoms with van der Waals surface area (Å²) >= 11 is 0. The normalized spacial score (nSPS) is 12.8. The summed E-state index contributed by atoms with van der Waals surface area (Å²) in [5.74, 6) is 0.799. The van der Waals surface area contributed by atoms with Crippen LogP contribution in [-0.2, 0) is 6.42 Å². The summed E-state index contributed by atoms with van der Waals surface area (Å²) in [7, 11) is 1.58. The molecule has 0 spiro atoms. The van der Waals surface area contributed by atoms with Gasteiger partial charge in [0.05, 0.1) is 7.11 Å². The standard InChI is InChI=1S/C15H12O3/c1-18-14-7-3-5-10-12(14)8-11-9(15(10)17)4-2-6-13(11)16/h2-7,16H,8H2,1H3. The fourth-order valence-electron chi connectivity index (χ4n) is 2.45. The molecule has 1 aliphatic carbocycles. The fraction of sp³-hybridized carbons (Fsp3) is 0.133. The number of phenols is 1. The summed E-state index contributed by atoms with van der Waals surface area (Å²) < 4.78 is 5.28. The molecule has 0 atom stereocenters. The topological polar surface area (TPSA) is 46.5 Å². The van der Waals surface area contributed by atoms with Crippen LogP contribution in [0.5, 0.6) is 11.5 Å². The van der Waals surface area contributed by atoms with Crippen LogP contribution in [0.15, 0.2) is 36.4 Å². The second kappa shape index (κ2) is 3.88. The maximum absolute atomic E-state index is 12.4. The minimum atomic E-state index is -0.0546. The second-order valence-electron chi connectivity index (χ2n) is 4.30. The number of phenolic OH excluding ortho intramolecular Hbond substituents is 1. The Balaban J connectivity index is 2.25. The lowest BCUT2D eigenvalue weighted by Gasteiger charge is -2.21. The van der Waals surface area contributed by atoms with E-state index in [1.54, 1.807) is 31.4 Å². The van der Waals surface area contributed by atoms with E-state index in [0.29, 0.717) is 28.9 Å². The van der Waals surface area contributed by atoms with E-state index in [-0.39, 0.29) is 11.5 Å². The van der Waals surface area contributed by atoms with Gasteiger partial charge >= 0.3 is 0 Å². The van der Waals surface area contributed by atoms with Crippen molar-refractivity contribution in [2.24, 2.45) is 0 Å². The fourth-order valence-corrected chi connectivity index (χ4v) is 2.45. The first-order valence-corrected chi connectivity index (χ1v) is 5.74. The third-order valence-electron chi connectivity index (χ3n) is 3.35. The van der Waals surface area contributed by atoms with E-state index < -0.39 is 0 Å². The number of benzene rings is 2. The molecule has 0 radical (unpaired) electrons. The van der Waals surface area contributed by atoms with Gasteiger partial charge in [-0.2, -0.15) is 0 Å². The third kappa shape index (κ3) is 1.40. The zero-order valence-corrected chi connectivity index (χ0v) is 9.93. The minimum absolute atomic E-state index is 0.0546. The maximum atomic E-state index is 12.4. The lowest BCUT2D eigenvalue weighted by molar-refractivity contribution is 0.103. The van der Waals surface area contributed by atoms with E-state index in [4.69, 9.17) is 4.74 Å². The van der Waals surface area contributed by atoms with Gasteiger partial charge in [-0.3, -0.25) is 4.79 Å². The molecular weight excluding hydrogens is 228 g/mol. The van der Waals surface area contributed by atoms with Gasteiger partial charge < -0.3 is 9.84 Å². The van der Waals surface area contributed by atoms with Crippen LogP contribution in [0.1, 0.15) is 27.0 Å². The number of aromatic hydroxyl groups is 1. The van der Waals surface area contributed by atoms with Gasteiger partial charge in [0, 0.05) is 28.7 Å². The molecule has 90 valence electrons. The third-order valence-corrected chi connectivity index (χ3v) is 3.35. The summed E-state index contributed by atoms with van der Waals surface area (Å²) in [6, 6.07) is 10.5. The average molecular weight is 240 g/mol. The zero-order valence-electron chi connectivity index (χ0n) is 9.93. The molecule has 18 heavy (non-hydrogen) atoms. The maximum Gasteiger partial charge on any atom is 0.193 e. The molecule has 0 heterocycles. The highest BCUT2D eigenvalue weighted by atomic mass is 16.5. The first-order valence-electron chi connectivity index (χ1n) is 5.74. The number of methoxy groups -OCH3 is 1. The molecule has 0 aromatic heterocycles. The van der Waals surface area contributed by atoms with E-state index in [0.717, 1.165) is 5.56 Å². The molecule has 3 heteroatoms. The Kier molecular flexibility index (Phi) is 2.33. The van der Waals surface area contributed by atoms with Crippen LogP contribution in [0, 0.1) is 0 Å². The number of carbonyl (C=O) groups is 1. The number of ketones is 1. The molecule has 0 amide bonds. The van der Waals surface area contributed by atoms with Gasteiger partial charge in [0.15, 0.2) is 5.78 Å². The van der Waals surface area contributed by atoms with Crippen molar-refractivity contribution in [1.82, 2.24) is 0 Å². The van der Waals surface area contributed by atoms with Gasteiger partial charge in [0.2, 0.25) is 0 Å². The van der Waals surface area contributed by atoms with Gasteiger partial charge in [-0.15, -0.1) is 0 Å². The SMILES string of the molecule is COc1cccc2c1Cc1c(O)cccc1C2=O. The summed E-state index contributed by atoms with van der Waals surface area (Å²) in [6.45, 7) is 0. The average Bonchev–Trinajstić information content (AvgIpc) is 2.40. The largest absolute Gasteiger partial charge is 0.508 e. The molecule has 0 saturated carbocycles. The van der Waals surface area contributed by atoms with Gasteiger partial charge in [-0.25, -0.2) is 0 Å². The predicted octanol–water partition coefficient (Wildman–Crippen LogP) is 2.54. The van der Waals surface area contributed by atoms with Crippen molar-refractivity contribution in [3.05, 3.63) is 58.7 Å². The van der Waals surface area contributed by atoms with Gasteiger partial charge in [0.25, 0.3) is 0 Å². The Morgan fingerprint density at radius 2 is 1.72 bits per heavy atom. The Hall–Kier alpha value is -2.29. The number of hydrogen-bond donors (Lipinski definition) is 1. The lowest BCUT2D eigenvalue weighted by atomic mass is 9.84. The second-order valence-corrected chi connectivity index (χ2v) is 4.30.